The number of hydrogen-bond acceptors (Lipinski definition) is 5. The lowest BCUT2D eigenvalue weighted by Gasteiger charge is -2.25. The fourth-order valence-electron chi connectivity index (χ4n) is 3.18. The highest BCUT2D eigenvalue weighted by Crippen LogP contribution is 2.10. The Hall–Kier alpha value is -1.10. The van der Waals surface area contributed by atoms with Crippen LogP contribution in [-0.4, -0.2) is 48.7 Å². The van der Waals surface area contributed by atoms with E-state index in [1.54, 1.807) is 0 Å². The Balaban J connectivity index is 4.20. The summed E-state index contributed by atoms with van der Waals surface area (Å²) in [6.07, 6.45) is 13.1. The lowest BCUT2D eigenvalue weighted by Crippen LogP contribution is -2.36. The van der Waals surface area contributed by atoms with Gasteiger partial charge in [0, 0.05) is 13.0 Å². The standard InChI is InChI=1S/C24H47NO4/c1-6-8-10-11-12-13-15-18-25(21-23(27)29-24(3,4)5)19-16-20-28-22(26)17-14-9-7-2/h6-21H2,1-5H3. The predicted octanol–water partition coefficient (Wildman–Crippen LogP) is 5.89. The Morgan fingerprint density at radius 3 is 1.90 bits per heavy atom. The molecule has 0 N–H and O–H groups in total. The molecule has 0 saturated heterocycles. The van der Waals surface area contributed by atoms with E-state index < -0.39 is 5.60 Å². The molecule has 172 valence electrons. The molecule has 0 radical (unpaired) electrons. The van der Waals surface area contributed by atoms with Crippen molar-refractivity contribution in [2.24, 2.45) is 0 Å². The summed E-state index contributed by atoms with van der Waals surface area (Å²) in [5.41, 5.74) is -0.462. The van der Waals surface area contributed by atoms with Gasteiger partial charge in [0.25, 0.3) is 0 Å². The van der Waals surface area contributed by atoms with E-state index in [1.165, 1.54) is 38.5 Å². The van der Waals surface area contributed by atoms with Crippen LogP contribution in [0.2, 0.25) is 0 Å². The average molecular weight is 414 g/mol. The molecule has 0 bridgehead atoms. The van der Waals surface area contributed by atoms with Crippen LogP contribution in [0.5, 0.6) is 0 Å². The molecule has 0 fully saturated rings. The van der Waals surface area contributed by atoms with Crippen molar-refractivity contribution in [1.29, 1.82) is 0 Å². The molecule has 5 heteroatoms. The molecule has 0 aromatic rings. The van der Waals surface area contributed by atoms with Crippen molar-refractivity contribution in [1.82, 2.24) is 4.90 Å². The Morgan fingerprint density at radius 1 is 0.724 bits per heavy atom. The minimum absolute atomic E-state index is 0.107. The summed E-state index contributed by atoms with van der Waals surface area (Å²) in [7, 11) is 0. The molecule has 0 saturated carbocycles. The van der Waals surface area contributed by atoms with Crippen molar-refractivity contribution < 1.29 is 19.1 Å². The van der Waals surface area contributed by atoms with Crippen molar-refractivity contribution in [3.63, 3.8) is 0 Å². The van der Waals surface area contributed by atoms with E-state index >= 15 is 0 Å². The summed E-state index contributed by atoms with van der Waals surface area (Å²) < 4.78 is 10.8. The molecule has 5 nitrogen and oxygen atoms in total. The highest BCUT2D eigenvalue weighted by molar-refractivity contribution is 5.72. The van der Waals surface area contributed by atoms with Gasteiger partial charge in [-0.2, -0.15) is 0 Å². The van der Waals surface area contributed by atoms with Gasteiger partial charge in [-0.05, 0) is 46.6 Å². The number of carbonyl (C=O) groups excluding carboxylic acids is 2. The van der Waals surface area contributed by atoms with Crippen molar-refractivity contribution in [3.05, 3.63) is 0 Å². The number of hydrogen-bond donors (Lipinski definition) is 0. The first-order chi connectivity index (χ1) is 13.8. The Kier molecular flexibility index (Phi) is 17.1. The fourth-order valence-corrected chi connectivity index (χ4v) is 3.18. The number of carbonyl (C=O) groups is 2. The third-order valence-electron chi connectivity index (χ3n) is 4.72. The van der Waals surface area contributed by atoms with Crippen molar-refractivity contribution in [2.75, 3.05) is 26.2 Å². The third-order valence-corrected chi connectivity index (χ3v) is 4.72. The Morgan fingerprint density at radius 2 is 1.28 bits per heavy atom. The van der Waals surface area contributed by atoms with Crippen LogP contribution in [0.3, 0.4) is 0 Å². The van der Waals surface area contributed by atoms with Crippen molar-refractivity contribution >= 4 is 11.9 Å². The molecule has 0 heterocycles. The van der Waals surface area contributed by atoms with Gasteiger partial charge >= 0.3 is 11.9 Å². The normalized spacial score (nSPS) is 11.7. The van der Waals surface area contributed by atoms with E-state index in [0.717, 1.165) is 45.2 Å². The summed E-state index contributed by atoms with van der Waals surface area (Å²) in [5.74, 6) is -0.291. The summed E-state index contributed by atoms with van der Waals surface area (Å²) >= 11 is 0. The highest BCUT2D eigenvalue weighted by atomic mass is 16.6. The van der Waals surface area contributed by atoms with E-state index in [0.29, 0.717) is 19.6 Å². The van der Waals surface area contributed by atoms with E-state index in [2.05, 4.69) is 18.7 Å². The van der Waals surface area contributed by atoms with Crippen molar-refractivity contribution in [2.45, 2.75) is 117 Å². The number of ether oxygens (including phenoxy) is 2. The van der Waals surface area contributed by atoms with Crippen molar-refractivity contribution in [3.8, 4) is 0 Å². The van der Waals surface area contributed by atoms with Gasteiger partial charge in [-0.15, -0.1) is 0 Å². The molecular weight excluding hydrogens is 366 g/mol. The van der Waals surface area contributed by atoms with Gasteiger partial charge in [0.05, 0.1) is 13.2 Å². The molecule has 0 aliphatic heterocycles. The molecule has 0 amide bonds. The third kappa shape index (κ3) is 20.0. The molecule has 0 rings (SSSR count). The predicted molar refractivity (Wildman–Crippen MR) is 120 cm³/mol. The quantitative estimate of drug-likeness (QED) is 0.207. The van der Waals surface area contributed by atoms with E-state index in [-0.39, 0.29) is 11.9 Å². The van der Waals surface area contributed by atoms with Crippen LogP contribution in [0.15, 0.2) is 0 Å². The number of esters is 2. The van der Waals surface area contributed by atoms with Gasteiger partial charge < -0.3 is 9.47 Å². The monoisotopic (exact) mass is 413 g/mol. The van der Waals surface area contributed by atoms with Gasteiger partial charge in [-0.25, -0.2) is 0 Å². The minimum atomic E-state index is -0.462. The lowest BCUT2D eigenvalue weighted by molar-refractivity contribution is -0.156. The second-order valence-electron chi connectivity index (χ2n) is 9.02. The van der Waals surface area contributed by atoms with E-state index in [1.807, 2.05) is 20.8 Å². The van der Waals surface area contributed by atoms with Gasteiger partial charge in [0.2, 0.25) is 0 Å². The van der Waals surface area contributed by atoms with Gasteiger partial charge in [-0.1, -0.05) is 65.2 Å². The molecule has 29 heavy (non-hydrogen) atoms. The second kappa shape index (κ2) is 17.7. The van der Waals surface area contributed by atoms with Crippen LogP contribution in [0.4, 0.5) is 0 Å². The summed E-state index contributed by atoms with van der Waals surface area (Å²) in [6.45, 7) is 12.4. The van der Waals surface area contributed by atoms with Crippen LogP contribution < -0.4 is 0 Å². The van der Waals surface area contributed by atoms with Crippen LogP contribution in [0, 0.1) is 0 Å². The maximum Gasteiger partial charge on any atom is 0.320 e. The van der Waals surface area contributed by atoms with Gasteiger partial charge in [-0.3, -0.25) is 14.5 Å². The van der Waals surface area contributed by atoms with Crippen LogP contribution in [0.25, 0.3) is 0 Å². The van der Waals surface area contributed by atoms with E-state index in [9.17, 15) is 9.59 Å². The Bertz CT molecular complexity index is 418. The number of nitrogens with zero attached hydrogens (tertiary/aromatic N) is 1. The van der Waals surface area contributed by atoms with Gasteiger partial charge in [0.15, 0.2) is 0 Å². The zero-order valence-electron chi connectivity index (χ0n) is 19.9. The fraction of sp³-hybridized carbons (Fsp3) is 0.917. The maximum absolute atomic E-state index is 12.2. The average Bonchev–Trinajstić information content (AvgIpc) is 2.62. The molecule has 0 aliphatic rings. The van der Waals surface area contributed by atoms with Crippen LogP contribution in [-0.2, 0) is 19.1 Å². The zero-order valence-corrected chi connectivity index (χ0v) is 19.9. The molecule has 0 unspecified atom stereocenters. The van der Waals surface area contributed by atoms with Crippen LogP contribution in [0.1, 0.15) is 112 Å². The largest absolute Gasteiger partial charge is 0.466 e. The molecule has 0 aliphatic carbocycles. The zero-order chi connectivity index (χ0) is 22.0. The summed E-state index contributed by atoms with van der Waals surface area (Å²) in [5, 5.41) is 0. The highest BCUT2D eigenvalue weighted by Gasteiger charge is 2.19. The molecular formula is C24H47NO4. The number of unbranched alkanes of at least 4 members (excludes halogenated alkanes) is 8. The smallest absolute Gasteiger partial charge is 0.320 e. The first-order valence-electron chi connectivity index (χ1n) is 11.9. The summed E-state index contributed by atoms with van der Waals surface area (Å²) in [4.78, 5) is 26.1. The molecule has 0 aromatic carbocycles. The molecule has 0 aromatic heterocycles. The lowest BCUT2D eigenvalue weighted by atomic mass is 10.1. The topological polar surface area (TPSA) is 55.8 Å². The van der Waals surface area contributed by atoms with Gasteiger partial charge in [0.1, 0.15) is 5.60 Å². The van der Waals surface area contributed by atoms with E-state index in [4.69, 9.17) is 9.47 Å². The Labute approximate surface area is 179 Å². The number of rotatable bonds is 18. The molecule has 0 spiro atoms. The SMILES string of the molecule is CCCCCCCCCN(CCCOC(=O)CCCCC)CC(=O)OC(C)(C)C. The maximum atomic E-state index is 12.2. The second-order valence-corrected chi connectivity index (χ2v) is 9.02. The molecule has 0 atom stereocenters. The first kappa shape index (κ1) is 27.9. The van der Waals surface area contributed by atoms with Crippen LogP contribution >= 0.6 is 0 Å². The summed E-state index contributed by atoms with van der Waals surface area (Å²) in [6, 6.07) is 0. The first-order valence-corrected chi connectivity index (χ1v) is 11.9. The minimum Gasteiger partial charge on any atom is -0.466 e.